The molecule has 0 aromatic heterocycles. The number of hydrogen-bond donors (Lipinski definition) is 2. The number of aryl methyl sites for hydroxylation is 1. The summed E-state index contributed by atoms with van der Waals surface area (Å²) in [6, 6.07) is 15.0. The van der Waals surface area contributed by atoms with E-state index in [4.69, 9.17) is 9.47 Å². The fourth-order valence-electron chi connectivity index (χ4n) is 4.25. The largest absolute Gasteiger partial charge is 0.492 e. The molecule has 6 nitrogen and oxygen atoms in total. The molecule has 1 aliphatic rings. The van der Waals surface area contributed by atoms with E-state index in [2.05, 4.69) is 10.6 Å². The Balaban J connectivity index is 1.59. The third-order valence-electron chi connectivity index (χ3n) is 6.14. The first-order valence-electron chi connectivity index (χ1n) is 11.4. The molecule has 3 rings (SSSR count). The standard InChI is InChI=1S/C26H34N2O4/c1-19-8-7-9-23(18-19)32-17-16-27-26(14-5-4-6-15-26)25(30)28-20(2)21-10-12-22(13-11-21)24(29)31-3/h7-13,18,20,27H,4-6,14-17H2,1-3H3,(H,28,30). The van der Waals surface area contributed by atoms with Crippen molar-refractivity contribution < 1.29 is 19.1 Å². The van der Waals surface area contributed by atoms with Crippen LogP contribution in [0.1, 0.15) is 66.6 Å². The Morgan fingerprint density at radius 3 is 2.44 bits per heavy atom. The number of amides is 1. The topological polar surface area (TPSA) is 76.7 Å². The van der Waals surface area contributed by atoms with Crippen molar-refractivity contribution in [2.45, 2.75) is 57.5 Å². The molecule has 1 atom stereocenters. The summed E-state index contributed by atoms with van der Waals surface area (Å²) in [6.45, 7) is 5.10. The number of ether oxygens (including phenoxy) is 2. The molecular weight excluding hydrogens is 404 g/mol. The minimum absolute atomic E-state index is 0.0253. The number of carbonyl (C=O) groups is 2. The molecule has 2 aromatic rings. The van der Waals surface area contributed by atoms with Crippen LogP contribution in [-0.2, 0) is 9.53 Å². The van der Waals surface area contributed by atoms with Crippen LogP contribution < -0.4 is 15.4 Å². The Labute approximate surface area is 190 Å². The summed E-state index contributed by atoms with van der Waals surface area (Å²) in [4.78, 5) is 25.0. The minimum Gasteiger partial charge on any atom is -0.492 e. The van der Waals surface area contributed by atoms with Gasteiger partial charge >= 0.3 is 5.97 Å². The van der Waals surface area contributed by atoms with E-state index in [9.17, 15) is 9.59 Å². The van der Waals surface area contributed by atoms with Crippen molar-refractivity contribution in [1.82, 2.24) is 10.6 Å². The number of rotatable bonds is 9. The average molecular weight is 439 g/mol. The molecular formula is C26H34N2O4. The lowest BCUT2D eigenvalue weighted by atomic mass is 9.80. The van der Waals surface area contributed by atoms with Gasteiger partial charge in [-0.1, -0.05) is 43.5 Å². The summed E-state index contributed by atoms with van der Waals surface area (Å²) in [5.41, 5.74) is 2.02. The zero-order valence-corrected chi connectivity index (χ0v) is 19.3. The van der Waals surface area contributed by atoms with Gasteiger partial charge < -0.3 is 14.8 Å². The first kappa shape index (κ1) is 23.8. The summed E-state index contributed by atoms with van der Waals surface area (Å²) in [5, 5.41) is 6.69. The maximum absolute atomic E-state index is 13.3. The second kappa shape index (κ2) is 11.1. The van der Waals surface area contributed by atoms with E-state index in [0.717, 1.165) is 49.0 Å². The van der Waals surface area contributed by atoms with E-state index < -0.39 is 5.54 Å². The first-order valence-corrected chi connectivity index (χ1v) is 11.4. The normalized spacial score (nSPS) is 16.1. The fraction of sp³-hybridized carbons (Fsp3) is 0.462. The summed E-state index contributed by atoms with van der Waals surface area (Å²) in [6.07, 6.45) is 4.85. The van der Waals surface area contributed by atoms with Crippen molar-refractivity contribution >= 4 is 11.9 Å². The Morgan fingerprint density at radius 2 is 1.78 bits per heavy atom. The molecule has 1 amide bonds. The van der Waals surface area contributed by atoms with Crippen LogP contribution in [0.2, 0.25) is 0 Å². The van der Waals surface area contributed by atoms with Gasteiger partial charge in [0, 0.05) is 6.54 Å². The van der Waals surface area contributed by atoms with Gasteiger partial charge in [0.1, 0.15) is 12.4 Å². The van der Waals surface area contributed by atoms with Gasteiger partial charge in [0.2, 0.25) is 5.91 Å². The van der Waals surface area contributed by atoms with Gasteiger partial charge in [0.05, 0.1) is 24.3 Å². The predicted octanol–water partition coefficient (Wildman–Crippen LogP) is 4.33. The molecule has 32 heavy (non-hydrogen) atoms. The highest BCUT2D eigenvalue weighted by atomic mass is 16.5. The molecule has 1 aliphatic carbocycles. The van der Waals surface area contributed by atoms with Gasteiger partial charge in [-0.15, -0.1) is 0 Å². The van der Waals surface area contributed by atoms with Crippen molar-refractivity contribution in [2.24, 2.45) is 0 Å². The van der Waals surface area contributed by atoms with Gasteiger partial charge in [-0.3, -0.25) is 10.1 Å². The lowest BCUT2D eigenvalue weighted by Crippen LogP contribution is -2.59. The van der Waals surface area contributed by atoms with Gasteiger partial charge in [-0.2, -0.15) is 0 Å². The summed E-state index contributed by atoms with van der Waals surface area (Å²) >= 11 is 0. The summed E-state index contributed by atoms with van der Waals surface area (Å²) in [5.74, 6) is 0.502. The number of methoxy groups -OCH3 is 1. The maximum Gasteiger partial charge on any atom is 0.337 e. The SMILES string of the molecule is COC(=O)c1ccc(C(C)NC(=O)C2(NCCOc3cccc(C)c3)CCCCC2)cc1. The summed E-state index contributed by atoms with van der Waals surface area (Å²) in [7, 11) is 1.36. The van der Waals surface area contributed by atoms with Crippen LogP contribution in [0.4, 0.5) is 0 Å². The molecule has 0 heterocycles. The van der Waals surface area contributed by atoms with Crippen molar-refractivity contribution in [3.05, 3.63) is 65.2 Å². The predicted molar refractivity (Wildman–Crippen MR) is 125 cm³/mol. The lowest BCUT2D eigenvalue weighted by molar-refractivity contribution is -0.129. The minimum atomic E-state index is -0.575. The highest BCUT2D eigenvalue weighted by molar-refractivity contribution is 5.89. The molecule has 1 unspecified atom stereocenters. The van der Waals surface area contributed by atoms with E-state index >= 15 is 0 Å². The Bertz CT molecular complexity index is 904. The second-order valence-corrected chi connectivity index (χ2v) is 8.54. The average Bonchev–Trinajstić information content (AvgIpc) is 2.82. The van der Waals surface area contributed by atoms with E-state index in [-0.39, 0.29) is 17.9 Å². The molecule has 172 valence electrons. The molecule has 0 radical (unpaired) electrons. The monoisotopic (exact) mass is 438 g/mol. The molecule has 2 aromatic carbocycles. The molecule has 6 heteroatoms. The van der Waals surface area contributed by atoms with Gasteiger partial charge in [0.25, 0.3) is 0 Å². The molecule has 0 spiro atoms. The molecule has 2 N–H and O–H groups in total. The van der Waals surface area contributed by atoms with E-state index in [1.165, 1.54) is 7.11 Å². The van der Waals surface area contributed by atoms with Gasteiger partial charge in [-0.05, 0) is 62.1 Å². The van der Waals surface area contributed by atoms with Crippen molar-refractivity contribution in [3.8, 4) is 5.75 Å². The number of benzene rings is 2. The van der Waals surface area contributed by atoms with Crippen LogP contribution in [-0.4, -0.2) is 37.7 Å². The first-order chi connectivity index (χ1) is 15.4. The zero-order chi connectivity index (χ0) is 23.0. The molecule has 1 saturated carbocycles. The second-order valence-electron chi connectivity index (χ2n) is 8.54. The summed E-state index contributed by atoms with van der Waals surface area (Å²) < 4.78 is 10.6. The number of carbonyl (C=O) groups excluding carboxylic acids is 2. The number of hydrogen-bond acceptors (Lipinski definition) is 5. The number of nitrogens with one attached hydrogen (secondary N) is 2. The third kappa shape index (κ3) is 6.10. The third-order valence-corrected chi connectivity index (χ3v) is 6.14. The quantitative estimate of drug-likeness (QED) is 0.450. The Kier molecular flexibility index (Phi) is 8.28. The van der Waals surface area contributed by atoms with E-state index in [1.54, 1.807) is 12.1 Å². The van der Waals surface area contributed by atoms with Crippen LogP contribution in [0.15, 0.2) is 48.5 Å². The van der Waals surface area contributed by atoms with E-state index in [0.29, 0.717) is 18.7 Å². The molecule has 1 fully saturated rings. The Hall–Kier alpha value is -2.86. The molecule has 0 bridgehead atoms. The van der Waals surface area contributed by atoms with Crippen LogP contribution >= 0.6 is 0 Å². The van der Waals surface area contributed by atoms with Gasteiger partial charge in [-0.25, -0.2) is 4.79 Å². The smallest absolute Gasteiger partial charge is 0.337 e. The molecule has 0 saturated heterocycles. The van der Waals surface area contributed by atoms with Crippen LogP contribution in [0.25, 0.3) is 0 Å². The van der Waals surface area contributed by atoms with Crippen LogP contribution in [0.3, 0.4) is 0 Å². The zero-order valence-electron chi connectivity index (χ0n) is 19.3. The van der Waals surface area contributed by atoms with Crippen molar-refractivity contribution in [1.29, 1.82) is 0 Å². The highest BCUT2D eigenvalue weighted by Crippen LogP contribution is 2.29. The Morgan fingerprint density at radius 1 is 1.06 bits per heavy atom. The van der Waals surface area contributed by atoms with Crippen LogP contribution in [0, 0.1) is 6.92 Å². The van der Waals surface area contributed by atoms with Crippen LogP contribution in [0.5, 0.6) is 5.75 Å². The van der Waals surface area contributed by atoms with Crippen molar-refractivity contribution in [3.63, 3.8) is 0 Å². The highest BCUT2D eigenvalue weighted by Gasteiger charge is 2.39. The van der Waals surface area contributed by atoms with Crippen molar-refractivity contribution in [2.75, 3.05) is 20.3 Å². The van der Waals surface area contributed by atoms with Gasteiger partial charge in [0.15, 0.2) is 0 Å². The lowest BCUT2D eigenvalue weighted by Gasteiger charge is -2.37. The maximum atomic E-state index is 13.3. The number of esters is 1. The molecule has 0 aliphatic heterocycles. The van der Waals surface area contributed by atoms with E-state index in [1.807, 2.05) is 50.2 Å². The fourth-order valence-corrected chi connectivity index (χ4v) is 4.25.